The Kier molecular flexibility index (Phi) is 9.61. The van der Waals surface area contributed by atoms with Crippen LogP contribution in [0.15, 0.2) is 47.6 Å². The number of thiophene rings is 1. The van der Waals surface area contributed by atoms with E-state index in [-0.39, 0.29) is 12.5 Å². The molecular weight excluding hydrogens is 561 g/mol. The van der Waals surface area contributed by atoms with E-state index in [1.54, 1.807) is 56.3 Å². The molecule has 0 spiro atoms. The SMILES string of the molecule is CCOC(=O)c1c(NC(=O)c2ccc(OC(C)C(=O)NN=Cc3ccc(Cl)cc3Cl)cc2)sc2c1CCCC2. The molecule has 0 bridgehead atoms. The van der Waals surface area contributed by atoms with Crippen molar-refractivity contribution >= 4 is 63.5 Å². The van der Waals surface area contributed by atoms with E-state index in [0.29, 0.717) is 37.5 Å². The van der Waals surface area contributed by atoms with Crippen LogP contribution in [0.4, 0.5) is 5.00 Å². The van der Waals surface area contributed by atoms with Crippen LogP contribution in [-0.4, -0.2) is 36.7 Å². The van der Waals surface area contributed by atoms with Gasteiger partial charge in [0.1, 0.15) is 10.8 Å². The van der Waals surface area contributed by atoms with Gasteiger partial charge in [-0.25, -0.2) is 10.2 Å². The lowest BCUT2D eigenvalue weighted by atomic mass is 9.95. The number of anilines is 1. The van der Waals surface area contributed by atoms with Crippen LogP contribution in [-0.2, 0) is 22.4 Å². The molecule has 0 saturated carbocycles. The van der Waals surface area contributed by atoms with Gasteiger partial charge in [-0.05, 0) is 81.5 Å². The van der Waals surface area contributed by atoms with Gasteiger partial charge in [0, 0.05) is 21.0 Å². The Hall–Kier alpha value is -3.40. The third kappa shape index (κ3) is 7.17. The molecule has 39 heavy (non-hydrogen) atoms. The summed E-state index contributed by atoms with van der Waals surface area (Å²) in [5.74, 6) is -0.834. The fourth-order valence-electron chi connectivity index (χ4n) is 4.05. The van der Waals surface area contributed by atoms with Crippen molar-refractivity contribution in [3.63, 3.8) is 0 Å². The molecule has 0 fully saturated rings. The summed E-state index contributed by atoms with van der Waals surface area (Å²) in [5.41, 5.74) is 4.83. The monoisotopic (exact) mass is 587 g/mol. The number of halogens is 2. The van der Waals surface area contributed by atoms with Crippen molar-refractivity contribution in [3.05, 3.63) is 79.6 Å². The summed E-state index contributed by atoms with van der Waals surface area (Å²) in [5, 5.41) is 8.21. The maximum atomic E-state index is 13.0. The Labute approximate surface area is 240 Å². The van der Waals surface area contributed by atoms with Crippen LogP contribution in [0.1, 0.15) is 63.4 Å². The Bertz CT molecular complexity index is 1400. The Balaban J connectivity index is 1.36. The average Bonchev–Trinajstić information content (AvgIpc) is 3.28. The Morgan fingerprint density at radius 2 is 1.85 bits per heavy atom. The maximum Gasteiger partial charge on any atom is 0.341 e. The van der Waals surface area contributed by atoms with Crippen molar-refractivity contribution in [2.24, 2.45) is 5.10 Å². The molecule has 1 unspecified atom stereocenters. The van der Waals surface area contributed by atoms with Crippen molar-refractivity contribution in [3.8, 4) is 5.75 Å². The number of nitrogens with one attached hydrogen (secondary N) is 2. The molecule has 2 aromatic carbocycles. The summed E-state index contributed by atoms with van der Waals surface area (Å²) in [7, 11) is 0. The standard InChI is InChI=1S/C28H27Cl2N3O5S/c1-3-37-28(36)24-21-6-4-5-7-23(21)39-27(24)32-26(35)17-9-12-20(13-10-17)38-16(2)25(34)33-31-15-18-8-11-19(29)14-22(18)30/h8-16H,3-7H2,1-2H3,(H,32,35)(H,33,34). The van der Waals surface area contributed by atoms with Crippen LogP contribution in [0, 0.1) is 0 Å². The van der Waals surface area contributed by atoms with Crippen molar-refractivity contribution in [1.82, 2.24) is 5.43 Å². The minimum absolute atomic E-state index is 0.262. The van der Waals surface area contributed by atoms with Gasteiger partial charge in [-0.1, -0.05) is 29.3 Å². The number of benzene rings is 2. The van der Waals surface area contributed by atoms with Crippen LogP contribution in [0.3, 0.4) is 0 Å². The number of nitrogens with zero attached hydrogens (tertiary/aromatic N) is 1. The van der Waals surface area contributed by atoms with Crippen molar-refractivity contribution in [1.29, 1.82) is 0 Å². The maximum absolute atomic E-state index is 13.0. The zero-order chi connectivity index (χ0) is 27.9. The number of hydrogen-bond acceptors (Lipinski definition) is 7. The predicted octanol–water partition coefficient (Wildman–Crippen LogP) is 6.28. The van der Waals surface area contributed by atoms with E-state index in [2.05, 4.69) is 15.8 Å². The van der Waals surface area contributed by atoms with Crippen LogP contribution >= 0.6 is 34.5 Å². The van der Waals surface area contributed by atoms with Gasteiger partial charge in [0.25, 0.3) is 11.8 Å². The number of carbonyl (C=O) groups excluding carboxylic acids is 3. The molecule has 1 aromatic heterocycles. The number of ether oxygens (including phenoxy) is 2. The van der Waals surface area contributed by atoms with Gasteiger partial charge in [-0.15, -0.1) is 11.3 Å². The molecule has 204 valence electrons. The molecule has 0 aliphatic heterocycles. The number of carbonyl (C=O) groups is 3. The lowest BCUT2D eigenvalue weighted by Crippen LogP contribution is -2.33. The molecule has 4 rings (SSSR count). The molecule has 1 aliphatic carbocycles. The second-order valence-corrected chi connectivity index (χ2v) is 10.7. The summed E-state index contributed by atoms with van der Waals surface area (Å²) in [6, 6.07) is 11.3. The zero-order valence-corrected chi connectivity index (χ0v) is 23.7. The number of amides is 2. The molecule has 1 atom stereocenters. The van der Waals surface area contributed by atoms with Gasteiger partial charge in [0.15, 0.2) is 6.10 Å². The van der Waals surface area contributed by atoms with Crippen LogP contribution in [0.25, 0.3) is 0 Å². The summed E-state index contributed by atoms with van der Waals surface area (Å²) in [6.45, 7) is 3.60. The smallest absolute Gasteiger partial charge is 0.341 e. The normalized spacial score (nSPS) is 13.4. The molecular formula is C28H27Cl2N3O5S. The molecule has 1 heterocycles. The molecule has 2 amide bonds. The molecule has 8 nitrogen and oxygen atoms in total. The fraction of sp³-hybridized carbons (Fsp3) is 0.286. The summed E-state index contributed by atoms with van der Waals surface area (Å²) < 4.78 is 10.9. The molecule has 2 N–H and O–H groups in total. The fourth-order valence-corrected chi connectivity index (χ4v) is 5.78. The van der Waals surface area contributed by atoms with Crippen molar-refractivity contribution in [2.75, 3.05) is 11.9 Å². The van der Waals surface area contributed by atoms with Gasteiger partial charge in [-0.3, -0.25) is 9.59 Å². The van der Waals surface area contributed by atoms with E-state index in [9.17, 15) is 14.4 Å². The van der Waals surface area contributed by atoms with Crippen LogP contribution in [0.2, 0.25) is 10.0 Å². The Morgan fingerprint density at radius 3 is 2.56 bits per heavy atom. The van der Waals surface area contributed by atoms with E-state index < -0.39 is 18.0 Å². The molecule has 0 saturated heterocycles. The number of aryl methyl sites for hydroxylation is 1. The number of hydrazone groups is 1. The highest BCUT2D eigenvalue weighted by Crippen LogP contribution is 2.39. The van der Waals surface area contributed by atoms with Gasteiger partial charge in [0.2, 0.25) is 0 Å². The third-order valence-corrected chi connectivity index (χ3v) is 7.79. The van der Waals surface area contributed by atoms with Gasteiger partial charge < -0.3 is 14.8 Å². The predicted molar refractivity (Wildman–Crippen MR) is 154 cm³/mol. The van der Waals surface area contributed by atoms with Gasteiger partial charge in [0.05, 0.1) is 23.4 Å². The highest BCUT2D eigenvalue weighted by atomic mass is 35.5. The van der Waals surface area contributed by atoms with Crippen LogP contribution < -0.4 is 15.5 Å². The number of rotatable bonds is 9. The molecule has 3 aromatic rings. The van der Waals surface area contributed by atoms with E-state index in [4.69, 9.17) is 32.7 Å². The van der Waals surface area contributed by atoms with Crippen molar-refractivity contribution < 1.29 is 23.9 Å². The van der Waals surface area contributed by atoms with E-state index in [0.717, 1.165) is 36.1 Å². The Morgan fingerprint density at radius 1 is 1.10 bits per heavy atom. The van der Waals surface area contributed by atoms with E-state index in [1.807, 2.05) is 0 Å². The second kappa shape index (κ2) is 13.1. The summed E-state index contributed by atoms with van der Waals surface area (Å²) >= 11 is 13.4. The number of esters is 1. The average molecular weight is 589 g/mol. The van der Waals surface area contributed by atoms with E-state index >= 15 is 0 Å². The zero-order valence-electron chi connectivity index (χ0n) is 21.4. The molecule has 0 radical (unpaired) electrons. The first-order valence-electron chi connectivity index (χ1n) is 12.4. The minimum atomic E-state index is -0.855. The second-order valence-electron chi connectivity index (χ2n) is 8.77. The lowest BCUT2D eigenvalue weighted by Gasteiger charge is -2.13. The quantitative estimate of drug-likeness (QED) is 0.174. The first kappa shape index (κ1) is 28.6. The lowest BCUT2D eigenvalue weighted by molar-refractivity contribution is -0.127. The minimum Gasteiger partial charge on any atom is -0.481 e. The highest BCUT2D eigenvalue weighted by Gasteiger charge is 2.27. The van der Waals surface area contributed by atoms with Crippen molar-refractivity contribution in [2.45, 2.75) is 45.6 Å². The first-order valence-corrected chi connectivity index (χ1v) is 14.0. The third-order valence-electron chi connectivity index (χ3n) is 6.02. The number of fused-ring (bicyclic) bond motifs is 1. The topological polar surface area (TPSA) is 106 Å². The first-order chi connectivity index (χ1) is 18.8. The van der Waals surface area contributed by atoms with Gasteiger partial charge >= 0.3 is 5.97 Å². The molecule has 11 heteroatoms. The van der Waals surface area contributed by atoms with E-state index in [1.165, 1.54) is 17.6 Å². The molecule has 1 aliphatic rings. The van der Waals surface area contributed by atoms with Gasteiger partial charge in [-0.2, -0.15) is 5.10 Å². The number of hydrogen-bond donors (Lipinski definition) is 2. The summed E-state index contributed by atoms with van der Waals surface area (Å²) in [4.78, 5) is 39.1. The largest absolute Gasteiger partial charge is 0.481 e. The summed E-state index contributed by atoms with van der Waals surface area (Å²) in [6.07, 6.45) is 4.31. The van der Waals surface area contributed by atoms with Crippen LogP contribution in [0.5, 0.6) is 5.75 Å². The highest BCUT2D eigenvalue weighted by molar-refractivity contribution is 7.17.